The molecule has 0 spiro atoms. The first-order valence-electron chi connectivity index (χ1n) is 27.3. The van der Waals surface area contributed by atoms with E-state index in [0.29, 0.717) is 19.3 Å². The maximum Gasteiger partial charge on any atom is 0.333 e. The van der Waals surface area contributed by atoms with Gasteiger partial charge >= 0.3 is 23.9 Å². The normalized spacial score (nSPS) is 30.7. The average Bonchev–Trinajstić information content (AvgIpc) is 3.75. The summed E-state index contributed by atoms with van der Waals surface area (Å²) in [7, 11) is -5.60. The Balaban J connectivity index is 1.54. The molecule has 2 aromatic rings. The van der Waals surface area contributed by atoms with E-state index in [-0.39, 0.29) is 30.9 Å². The third-order valence-corrected chi connectivity index (χ3v) is 23.2. The van der Waals surface area contributed by atoms with Crippen LogP contribution in [0, 0.1) is 0 Å². The number of rotatable bonds is 12. The average molecular weight is 1110 g/mol. The molecule has 3 fully saturated rings. The number of carbonyl (C=O) groups is 5. The zero-order chi connectivity index (χ0) is 56.5. The second-order valence-corrected chi connectivity index (χ2v) is 32.1. The van der Waals surface area contributed by atoms with Gasteiger partial charge in [0.1, 0.15) is 45.2 Å². The number of carbonyl (C=O) groups excluding carboxylic acids is 5. The number of hydrogen-bond donors (Lipinski definition) is 0. The van der Waals surface area contributed by atoms with Gasteiger partial charge in [0.2, 0.25) is 0 Å². The van der Waals surface area contributed by atoms with Crippen LogP contribution in [0.2, 0.25) is 31.2 Å². The predicted molar refractivity (Wildman–Crippen MR) is 294 cm³/mol. The third kappa shape index (κ3) is 16.0. The molecule has 0 aromatic heterocycles. The molecule has 4 aliphatic heterocycles. The van der Waals surface area contributed by atoms with E-state index in [1.165, 1.54) is 13.0 Å². The fourth-order valence-corrected chi connectivity index (χ4v) is 13.7. The molecule has 3 saturated heterocycles. The van der Waals surface area contributed by atoms with Crippen LogP contribution in [0.4, 0.5) is 0 Å². The van der Waals surface area contributed by atoms with E-state index in [1.807, 2.05) is 94.5 Å². The van der Waals surface area contributed by atoms with E-state index in [4.69, 9.17) is 51.8 Å². The van der Waals surface area contributed by atoms with Crippen molar-refractivity contribution < 1.29 is 75.8 Å². The largest absolute Gasteiger partial charge is 0.463 e. The van der Waals surface area contributed by atoms with Crippen molar-refractivity contribution in [2.24, 2.45) is 0 Å². The summed E-state index contributed by atoms with van der Waals surface area (Å²) in [5.74, 6) is -4.41. The van der Waals surface area contributed by atoms with Crippen LogP contribution >= 0.6 is 0 Å². The standard InChI is InChI=1S/C59H84O16Si2/c1-15-26-41-29-22-18-25-32-44(67-39(5)60)43(61)33-34-47(62)65-36-45-50(70-48(63)35-46(40-27-20-17-21-28-40)76(11,12)42-30-23-19-24-31-42)51(71-55(64)37(3)16-2)54(75-77(13,14)58(6,7)8)57(69-45)72-53-52-49(73-59(9,10)74-52)38(4)66-56(53)68-41/h16-24,27-28,30-31,35,38,41,44-45,49-54,56-57H,15,25-26,29,32-34,36H2,1-14H3/b22-18+,37-16+,46-35-/t38-,41+,44+,45-,49+,50-,51+,52+,53-,54-,56+,57+/m1/s1. The number of hydrogen-bond acceptors (Lipinski definition) is 16. The summed E-state index contributed by atoms with van der Waals surface area (Å²) in [6.45, 7) is 26.1. The highest BCUT2D eigenvalue weighted by Gasteiger charge is 2.60. The van der Waals surface area contributed by atoms with Crippen LogP contribution in [0.5, 0.6) is 0 Å². The lowest BCUT2D eigenvalue weighted by molar-refractivity contribution is -0.360. The van der Waals surface area contributed by atoms with Gasteiger partial charge in [-0.2, -0.15) is 0 Å². The van der Waals surface area contributed by atoms with Crippen molar-refractivity contribution in [3.8, 4) is 0 Å². The molecule has 0 radical (unpaired) electrons. The molecule has 0 aliphatic carbocycles. The van der Waals surface area contributed by atoms with Crippen LogP contribution in [0.3, 0.4) is 0 Å². The van der Waals surface area contributed by atoms with Gasteiger partial charge in [-0.25, -0.2) is 9.59 Å². The number of benzene rings is 2. The Morgan fingerprint density at radius 2 is 1.44 bits per heavy atom. The van der Waals surface area contributed by atoms with Gasteiger partial charge in [-0.3, -0.25) is 14.4 Å². The molecule has 77 heavy (non-hydrogen) atoms. The second kappa shape index (κ2) is 26.5. The van der Waals surface area contributed by atoms with Crippen LogP contribution in [0.1, 0.15) is 120 Å². The van der Waals surface area contributed by atoms with Crippen molar-refractivity contribution >= 4 is 56.4 Å². The van der Waals surface area contributed by atoms with E-state index in [1.54, 1.807) is 19.9 Å². The van der Waals surface area contributed by atoms with Gasteiger partial charge in [0, 0.05) is 25.0 Å². The van der Waals surface area contributed by atoms with Crippen LogP contribution in [0.15, 0.2) is 90.5 Å². The minimum absolute atomic E-state index is 0.194. The van der Waals surface area contributed by atoms with Crippen molar-refractivity contribution in [2.45, 2.75) is 225 Å². The summed E-state index contributed by atoms with van der Waals surface area (Å²) >= 11 is 0. The molecule has 2 aromatic carbocycles. The van der Waals surface area contributed by atoms with Crippen molar-refractivity contribution in [1.82, 2.24) is 0 Å². The molecule has 18 heteroatoms. The van der Waals surface area contributed by atoms with Crippen molar-refractivity contribution in [3.63, 3.8) is 0 Å². The molecule has 0 amide bonds. The number of Topliss-reactive ketones (excluding diaryl/α,β-unsaturated/α-hetero) is 1. The number of ketones is 1. The SMILES string of the molecule is C/C=C(\C)C(=O)O[C@@H]1[C@@H](O[Si](C)(C)C(C)(C)C)[C@@H]2O[C@H]3[C@H](O[C@@H](CCC)C/C=C/CC[C@H](OC(C)=O)C(=O)CCC(=O)OC[C@@H](O2)[C@H]1OC(=O)/C=C(/c1ccccc1)[Si](C)(C)c1ccccc1)O[C@H](C)[C@@H]1OC(C)(C)O[C@@H]13. The Bertz CT molecular complexity index is 2430. The molecule has 12 atom stereocenters. The Hall–Kier alpha value is -4.64. The topological polar surface area (TPSA) is 187 Å². The first-order valence-corrected chi connectivity index (χ1v) is 33.2. The Kier molecular flexibility index (Phi) is 21.2. The van der Waals surface area contributed by atoms with Crippen LogP contribution in [-0.4, -0.2) is 132 Å². The Morgan fingerprint density at radius 1 is 0.779 bits per heavy atom. The number of allylic oxidation sites excluding steroid dienone is 2. The summed E-state index contributed by atoms with van der Waals surface area (Å²) in [5, 5.41) is 1.42. The fraction of sp³-hybridized carbons (Fsp3) is 0.610. The van der Waals surface area contributed by atoms with Gasteiger partial charge in [-0.15, -0.1) is 0 Å². The maximum absolute atomic E-state index is 15.1. The fourth-order valence-electron chi connectivity index (χ4n) is 9.76. The number of esters is 4. The van der Waals surface area contributed by atoms with Crippen molar-refractivity contribution in [2.75, 3.05) is 6.61 Å². The number of ether oxygens (including phenoxy) is 10. The van der Waals surface area contributed by atoms with E-state index in [0.717, 1.165) is 22.4 Å². The molecule has 0 saturated carbocycles. The molecular formula is C59H84O16Si2. The van der Waals surface area contributed by atoms with Crippen molar-refractivity contribution in [1.29, 1.82) is 0 Å². The summed E-state index contributed by atoms with van der Waals surface area (Å²) in [6.07, 6.45) is -3.80. The second-order valence-electron chi connectivity index (χ2n) is 23.0. The Labute approximate surface area is 457 Å². The maximum atomic E-state index is 15.1. The van der Waals surface area contributed by atoms with E-state index >= 15 is 4.79 Å². The Morgan fingerprint density at radius 3 is 2.08 bits per heavy atom. The van der Waals surface area contributed by atoms with Crippen LogP contribution < -0.4 is 5.19 Å². The predicted octanol–water partition coefficient (Wildman–Crippen LogP) is 9.53. The molecule has 424 valence electrons. The van der Waals surface area contributed by atoms with Crippen molar-refractivity contribution in [3.05, 3.63) is 96.1 Å². The summed E-state index contributed by atoms with van der Waals surface area (Å²) < 4.78 is 72.9. The van der Waals surface area contributed by atoms with Gasteiger partial charge in [0.05, 0.1) is 18.6 Å². The summed E-state index contributed by atoms with van der Waals surface area (Å²) in [5.41, 5.74) is 1.09. The van der Waals surface area contributed by atoms with E-state index in [9.17, 15) is 19.2 Å². The lowest BCUT2D eigenvalue weighted by Gasteiger charge is -2.50. The monoisotopic (exact) mass is 1100 g/mol. The number of fused-ring (bicyclic) bond motifs is 5. The molecular weight excluding hydrogens is 1020 g/mol. The zero-order valence-electron chi connectivity index (χ0n) is 47.7. The van der Waals surface area contributed by atoms with Crippen LogP contribution in [-0.2, 0) is 75.8 Å². The van der Waals surface area contributed by atoms with Gasteiger partial charge in [-0.1, -0.05) is 131 Å². The first-order chi connectivity index (χ1) is 36.2. The molecule has 0 N–H and O–H groups in total. The highest BCUT2D eigenvalue weighted by molar-refractivity contribution is 7.04. The molecule has 6 rings (SSSR count). The first kappa shape index (κ1) is 61.6. The summed E-state index contributed by atoms with van der Waals surface area (Å²) in [6, 6.07) is 19.6. The molecule has 16 nitrogen and oxygen atoms in total. The molecule has 4 heterocycles. The molecule has 2 bridgehead atoms. The lowest BCUT2D eigenvalue weighted by atomic mass is 9.96. The van der Waals surface area contributed by atoms with E-state index in [2.05, 4.69) is 52.9 Å². The highest BCUT2D eigenvalue weighted by atomic mass is 28.4. The van der Waals surface area contributed by atoms with Crippen LogP contribution in [0.25, 0.3) is 5.20 Å². The summed E-state index contributed by atoms with van der Waals surface area (Å²) in [4.78, 5) is 69.0. The molecule has 0 unspecified atom stereocenters. The number of cyclic esters (lactones) is 1. The van der Waals surface area contributed by atoms with E-state index < -0.39 is 131 Å². The third-order valence-electron chi connectivity index (χ3n) is 15.2. The van der Waals surface area contributed by atoms with Gasteiger partial charge in [0.25, 0.3) is 0 Å². The van der Waals surface area contributed by atoms with Gasteiger partial charge in [0.15, 0.2) is 50.8 Å². The minimum atomic E-state index is -2.94. The van der Waals surface area contributed by atoms with Gasteiger partial charge in [-0.05, 0) is 89.2 Å². The lowest BCUT2D eigenvalue weighted by Crippen LogP contribution is -2.67. The molecule has 4 aliphatic rings. The quantitative estimate of drug-likeness (QED) is 0.0642. The highest BCUT2D eigenvalue weighted by Crippen LogP contribution is 2.44. The minimum Gasteiger partial charge on any atom is -0.463 e. The van der Waals surface area contributed by atoms with Gasteiger partial charge < -0.3 is 51.8 Å². The smallest absolute Gasteiger partial charge is 0.333 e. The zero-order valence-corrected chi connectivity index (χ0v) is 49.7.